The first-order chi connectivity index (χ1) is 14.9. The van der Waals surface area contributed by atoms with Gasteiger partial charge in [0.2, 0.25) is 5.91 Å². The van der Waals surface area contributed by atoms with Crippen LogP contribution in [0.2, 0.25) is 0 Å². The second-order valence-corrected chi connectivity index (χ2v) is 7.98. The Morgan fingerprint density at radius 2 is 1.90 bits per heavy atom. The molecule has 1 atom stereocenters. The number of nitrogen functional groups attached to an aromatic ring is 1. The van der Waals surface area contributed by atoms with E-state index in [0.717, 1.165) is 16.8 Å². The molecule has 0 radical (unpaired) electrons. The van der Waals surface area contributed by atoms with Crippen molar-refractivity contribution in [3.63, 3.8) is 0 Å². The summed E-state index contributed by atoms with van der Waals surface area (Å²) in [7, 11) is 0. The Morgan fingerprint density at radius 3 is 2.65 bits per heavy atom. The van der Waals surface area contributed by atoms with E-state index in [0.29, 0.717) is 31.7 Å². The molecule has 0 bridgehead atoms. The zero-order chi connectivity index (χ0) is 22.0. The third kappa shape index (κ3) is 4.58. The lowest BCUT2D eigenvalue weighted by Gasteiger charge is -2.16. The zero-order valence-corrected chi connectivity index (χ0v) is 17.7. The van der Waals surface area contributed by atoms with Gasteiger partial charge < -0.3 is 16.4 Å². The van der Waals surface area contributed by atoms with Crippen molar-refractivity contribution in [1.29, 1.82) is 0 Å². The number of carbonyl (C=O) groups is 1. The van der Waals surface area contributed by atoms with E-state index in [2.05, 4.69) is 38.8 Å². The van der Waals surface area contributed by atoms with Gasteiger partial charge in [-0.1, -0.05) is 29.3 Å². The van der Waals surface area contributed by atoms with Gasteiger partial charge in [0.15, 0.2) is 5.82 Å². The fraction of sp³-hybridized carbons (Fsp3) is 0.304. The third-order valence-electron chi connectivity index (χ3n) is 5.42. The molecule has 1 amide bonds. The number of anilines is 2. The summed E-state index contributed by atoms with van der Waals surface area (Å²) >= 11 is 0. The van der Waals surface area contributed by atoms with Crippen LogP contribution >= 0.6 is 0 Å². The fourth-order valence-corrected chi connectivity index (χ4v) is 4.08. The standard InChI is InChI=1S/C23H26N6O2/c1-14-7-15(2)9-17(8-14)12-26-21-23(31)29-18(13-27-21)3-4-19(29)22(30)28-11-16-5-6-25-20(24)10-16/h5-10,13,19H,3-4,11-12H2,1-2H3,(H2,24,25)(H,26,27)(H,28,30)/t19-/m0/s1. The smallest absolute Gasteiger partial charge is 0.294 e. The number of aryl methyl sites for hydroxylation is 3. The number of nitrogens with two attached hydrogens (primary N) is 1. The van der Waals surface area contributed by atoms with Crippen molar-refractivity contribution in [3.05, 3.63) is 81.0 Å². The Hall–Kier alpha value is -3.68. The van der Waals surface area contributed by atoms with Crippen molar-refractivity contribution >= 4 is 17.5 Å². The van der Waals surface area contributed by atoms with Crippen LogP contribution in [0, 0.1) is 13.8 Å². The molecule has 8 heteroatoms. The molecule has 1 aromatic carbocycles. The number of aromatic nitrogens is 3. The summed E-state index contributed by atoms with van der Waals surface area (Å²) in [5.74, 6) is 0.465. The minimum Gasteiger partial charge on any atom is -0.384 e. The number of fused-ring (bicyclic) bond motifs is 1. The van der Waals surface area contributed by atoms with Gasteiger partial charge in [-0.2, -0.15) is 0 Å². The second-order valence-electron chi connectivity index (χ2n) is 7.98. The van der Waals surface area contributed by atoms with Crippen molar-refractivity contribution in [1.82, 2.24) is 19.9 Å². The molecule has 1 aliphatic rings. The predicted octanol–water partition coefficient (Wildman–Crippen LogP) is 2.25. The van der Waals surface area contributed by atoms with Gasteiger partial charge in [0.1, 0.15) is 11.9 Å². The molecule has 0 spiro atoms. The van der Waals surface area contributed by atoms with E-state index < -0.39 is 6.04 Å². The van der Waals surface area contributed by atoms with Gasteiger partial charge in [-0.05, 0) is 49.9 Å². The molecule has 0 unspecified atom stereocenters. The maximum atomic E-state index is 13.1. The average Bonchev–Trinajstić information content (AvgIpc) is 3.16. The maximum absolute atomic E-state index is 13.1. The molecule has 4 rings (SSSR count). The second kappa shape index (κ2) is 8.59. The van der Waals surface area contributed by atoms with Gasteiger partial charge in [0, 0.05) is 31.2 Å². The summed E-state index contributed by atoms with van der Waals surface area (Å²) < 4.78 is 1.56. The van der Waals surface area contributed by atoms with E-state index in [-0.39, 0.29) is 17.3 Å². The molecule has 0 saturated heterocycles. The van der Waals surface area contributed by atoms with Gasteiger partial charge in [-0.15, -0.1) is 0 Å². The van der Waals surface area contributed by atoms with Gasteiger partial charge in [-0.3, -0.25) is 14.2 Å². The fourth-order valence-electron chi connectivity index (χ4n) is 4.08. The lowest BCUT2D eigenvalue weighted by atomic mass is 10.1. The molecule has 31 heavy (non-hydrogen) atoms. The molecule has 0 fully saturated rings. The van der Waals surface area contributed by atoms with Crippen LogP contribution in [0.1, 0.15) is 40.4 Å². The van der Waals surface area contributed by atoms with Crippen molar-refractivity contribution < 1.29 is 4.79 Å². The van der Waals surface area contributed by atoms with Gasteiger partial charge in [0.05, 0.1) is 0 Å². The summed E-state index contributed by atoms with van der Waals surface area (Å²) in [4.78, 5) is 34.2. The van der Waals surface area contributed by atoms with Gasteiger partial charge in [0.25, 0.3) is 5.56 Å². The van der Waals surface area contributed by atoms with Crippen LogP contribution in [0.4, 0.5) is 11.6 Å². The van der Waals surface area contributed by atoms with Crippen LogP contribution in [0.3, 0.4) is 0 Å². The average molecular weight is 419 g/mol. The number of amides is 1. The highest BCUT2D eigenvalue weighted by Crippen LogP contribution is 2.24. The minimum atomic E-state index is -0.550. The Kier molecular flexibility index (Phi) is 5.70. The SMILES string of the molecule is Cc1cc(C)cc(CNc2ncc3n(c2=O)[C@H](C(=O)NCc2ccnc(N)c2)CC3)c1. The number of pyridine rings is 1. The Labute approximate surface area is 180 Å². The van der Waals surface area contributed by atoms with Gasteiger partial charge >= 0.3 is 0 Å². The molecule has 0 aliphatic carbocycles. The largest absolute Gasteiger partial charge is 0.384 e. The Morgan fingerprint density at radius 1 is 1.13 bits per heavy atom. The topological polar surface area (TPSA) is 115 Å². The van der Waals surface area contributed by atoms with E-state index >= 15 is 0 Å². The number of benzene rings is 1. The Bertz CT molecular complexity index is 1170. The first-order valence-corrected chi connectivity index (χ1v) is 10.3. The van der Waals surface area contributed by atoms with Crippen molar-refractivity contribution in [2.24, 2.45) is 0 Å². The maximum Gasteiger partial charge on any atom is 0.294 e. The molecule has 0 saturated carbocycles. The first kappa shape index (κ1) is 20.6. The normalized spacial score (nSPS) is 14.8. The number of carbonyl (C=O) groups excluding carboxylic acids is 1. The van der Waals surface area contributed by atoms with Crippen LogP contribution in [-0.4, -0.2) is 20.4 Å². The molecule has 8 nitrogen and oxygen atoms in total. The number of hydrogen-bond donors (Lipinski definition) is 3. The predicted molar refractivity (Wildman–Crippen MR) is 120 cm³/mol. The molecule has 1 aliphatic heterocycles. The molecule has 160 valence electrons. The molecule has 4 N–H and O–H groups in total. The molecule has 3 aromatic rings. The lowest BCUT2D eigenvalue weighted by Crippen LogP contribution is -2.36. The van der Waals surface area contributed by atoms with Crippen LogP contribution in [0.25, 0.3) is 0 Å². The summed E-state index contributed by atoms with van der Waals surface area (Å²) in [5.41, 5.74) is 10.5. The summed E-state index contributed by atoms with van der Waals surface area (Å²) in [6.45, 7) is 4.91. The van der Waals surface area contributed by atoms with Gasteiger partial charge in [-0.25, -0.2) is 9.97 Å². The molecule has 2 aromatic heterocycles. The quantitative estimate of drug-likeness (QED) is 0.566. The number of hydrogen-bond acceptors (Lipinski definition) is 6. The lowest BCUT2D eigenvalue weighted by molar-refractivity contribution is -0.124. The van der Waals surface area contributed by atoms with Crippen LogP contribution in [-0.2, 0) is 24.3 Å². The highest BCUT2D eigenvalue weighted by Gasteiger charge is 2.30. The Balaban J connectivity index is 1.48. The molecular formula is C23H26N6O2. The zero-order valence-electron chi connectivity index (χ0n) is 17.7. The number of nitrogens with zero attached hydrogens (tertiary/aromatic N) is 3. The van der Waals surface area contributed by atoms with Crippen molar-refractivity contribution in [2.75, 3.05) is 11.1 Å². The monoisotopic (exact) mass is 418 g/mol. The highest BCUT2D eigenvalue weighted by molar-refractivity contribution is 5.81. The number of rotatable bonds is 6. The summed E-state index contributed by atoms with van der Waals surface area (Å²) in [5, 5.41) is 6.04. The first-order valence-electron chi connectivity index (χ1n) is 10.3. The highest BCUT2D eigenvalue weighted by atomic mass is 16.2. The van der Waals surface area contributed by atoms with E-state index in [1.807, 2.05) is 13.8 Å². The van der Waals surface area contributed by atoms with Crippen LogP contribution < -0.4 is 21.9 Å². The molecular weight excluding hydrogens is 392 g/mol. The van der Waals surface area contributed by atoms with Crippen LogP contribution in [0.5, 0.6) is 0 Å². The third-order valence-corrected chi connectivity index (χ3v) is 5.42. The van der Waals surface area contributed by atoms with Crippen molar-refractivity contribution in [2.45, 2.75) is 45.8 Å². The van der Waals surface area contributed by atoms with E-state index in [9.17, 15) is 9.59 Å². The number of nitrogens with one attached hydrogen (secondary N) is 2. The van der Waals surface area contributed by atoms with E-state index in [4.69, 9.17) is 5.73 Å². The summed E-state index contributed by atoms with van der Waals surface area (Å²) in [6, 6.07) is 9.22. The van der Waals surface area contributed by atoms with E-state index in [1.54, 1.807) is 29.1 Å². The minimum absolute atomic E-state index is 0.192. The molecule has 3 heterocycles. The summed E-state index contributed by atoms with van der Waals surface area (Å²) in [6.07, 6.45) is 4.50. The van der Waals surface area contributed by atoms with E-state index in [1.165, 1.54) is 11.1 Å². The van der Waals surface area contributed by atoms with Crippen LogP contribution in [0.15, 0.2) is 47.5 Å². The van der Waals surface area contributed by atoms with Crippen molar-refractivity contribution in [3.8, 4) is 0 Å².